The lowest BCUT2D eigenvalue weighted by atomic mass is 10.3. The zero-order valence-corrected chi connectivity index (χ0v) is 11.0. The Kier molecular flexibility index (Phi) is 3.82. The Bertz CT molecular complexity index is 374. The predicted octanol–water partition coefficient (Wildman–Crippen LogP) is 2.60. The summed E-state index contributed by atoms with van der Waals surface area (Å²) in [4.78, 5) is 11.4. The Morgan fingerprint density at radius 2 is 2.12 bits per heavy atom. The maximum Gasteiger partial charge on any atom is 0.134 e. The van der Waals surface area contributed by atoms with Crippen LogP contribution in [-0.4, -0.2) is 29.1 Å². The monoisotopic (exact) mass is 234 g/mol. The van der Waals surface area contributed by atoms with Crippen LogP contribution in [0.4, 0.5) is 11.6 Å². The summed E-state index contributed by atoms with van der Waals surface area (Å²) in [5.74, 6) is 2.87. The molecule has 1 saturated carbocycles. The molecule has 1 N–H and O–H groups in total. The van der Waals surface area contributed by atoms with E-state index >= 15 is 0 Å². The molecule has 1 aliphatic carbocycles. The number of rotatable bonds is 6. The van der Waals surface area contributed by atoms with Crippen LogP contribution < -0.4 is 10.2 Å². The Hall–Kier alpha value is -1.32. The van der Waals surface area contributed by atoms with Crippen molar-refractivity contribution in [2.75, 3.05) is 23.3 Å². The summed E-state index contributed by atoms with van der Waals surface area (Å²) < 4.78 is 0. The Morgan fingerprint density at radius 1 is 1.35 bits per heavy atom. The minimum atomic E-state index is 0.707. The van der Waals surface area contributed by atoms with Crippen LogP contribution in [0.15, 0.2) is 6.07 Å². The maximum atomic E-state index is 4.57. The second kappa shape index (κ2) is 5.34. The van der Waals surface area contributed by atoms with Crippen LogP contribution in [0.2, 0.25) is 0 Å². The largest absolute Gasteiger partial charge is 0.370 e. The molecule has 1 aromatic rings. The second-order valence-corrected chi connectivity index (χ2v) is 4.61. The van der Waals surface area contributed by atoms with E-state index in [1.807, 2.05) is 6.92 Å². The molecule has 17 heavy (non-hydrogen) atoms. The number of nitrogens with one attached hydrogen (secondary N) is 1. The average Bonchev–Trinajstić information content (AvgIpc) is 3.09. The molecule has 0 radical (unpaired) electrons. The lowest BCUT2D eigenvalue weighted by Crippen LogP contribution is -2.27. The number of aryl methyl sites for hydroxylation is 1. The van der Waals surface area contributed by atoms with Gasteiger partial charge < -0.3 is 10.2 Å². The van der Waals surface area contributed by atoms with E-state index in [4.69, 9.17) is 0 Å². The van der Waals surface area contributed by atoms with E-state index in [-0.39, 0.29) is 0 Å². The first kappa shape index (κ1) is 12.1. The van der Waals surface area contributed by atoms with Crippen LogP contribution in [0.3, 0.4) is 0 Å². The van der Waals surface area contributed by atoms with Gasteiger partial charge in [0.05, 0.1) is 0 Å². The molecule has 2 rings (SSSR count). The van der Waals surface area contributed by atoms with E-state index in [1.165, 1.54) is 12.8 Å². The highest BCUT2D eigenvalue weighted by Crippen LogP contribution is 2.31. The normalized spacial score (nSPS) is 14.8. The van der Waals surface area contributed by atoms with Gasteiger partial charge in [-0.25, -0.2) is 9.97 Å². The van der Waals surface area contributed by atoms with Crippen molar-refractivity contribution < 1.29 is 0 Å². The molecular formula is C13H22N4. The quantitative estimate of drug-likeness (QED) is 0.821. The van der Waals surface area contributed by atoms with Crippen molar-refractivity contribution in [1.82, 2.24) is 9.97 Å². The van der Waals surface area contributed by atoms with Crippen LogP contribution in [0.5, 0.6) is 0 Å². The van der Waals surface area contributed by atoms with Crippen LogP contribution in [0.25, 0.3) is 0 Å². The number of hydrogen-bond acceptors (Lipinski definition) is 4. The van der Waals surface area contributed by atoms with Crippen molar-refractivity contribution in [3.63, 3.8) is 0 Å². The van der Waals surface area contributed by atoms with Crippen molar-refractivity contribution in [1.29, 1.82) is 0 Å². The Morgan fingerprint density at radius 3 is 2.71 bits per heavy atom. The van der Waals surface area contributed by atoms with E-state index in [9.17, 15) is 0 Å². The highest BCUT2D eigenvalue weighted by molar-refractivity contribution is 5.50. The van der Waals surface area contributed by atoms with Gasteiger partial charge in [0.25, 0.3) is 0 Å². The lowest BCUT2D eigenvalue weighted by Gasteiger charge is -2.23. The topological polar surface area (TPSA) is 41.0 Å². The fourth-order valence-electron chi connectivity index (χ4n) is 2.08. The Labute approximate surface area is 103 Å². The molecule has 0 spiro atoms. The third kappa shape index (κ3) is 3.08. The van der Waals surface area contributed by atoms with Gasteiger partial charge in [0.1, 0.15) is 17.5 Å². The standard InChI is InChI=1S/C13H22N4/c1-4-8-17(11-6-7-11)13-9-12(14-5-2)15-10(3)16-13/h9,11H,4-8H2,1-3H3,(H,14,15,16). The molecular weight excluding hydrogens is 212 g/mol. The van der Waals surface area contributed by atoms with Gasteiger partial charge in [-0.1, -0.05) is 6.92 Å². The number of hydrogen-bond donors (Lipinski definition) is 1. The molecule has 1 heterocycles. The zero-order valence-electron chi connectivity index (χ0n) is 11.0. The fourth-order valence-corrected chi connectivity index (χ4v) is 2.08. The summed E-state index contributed by atoms with van der Waals surface area (Å²) in [7, 11) is 0. The summed E-state index contributed by atoms with van der Waals surface area (Å²) in [6.07, 6.45) is 3.77. The minimum absolute atomic E-state index is 0.707. The second-order valence-electron chi connectivity index (χ2n) is 4.61. The highest BCUT2D eigenvalue weighted by atomic mass is 15.2. The van der Waals surface area contributed by atoms with Gasteiger partial charge in [0.2, 0.25) is 0 Å². The van der Waals surface area contributed by atoms with E-state index in [0.717, 1.165) is 37.0 Å². The Balaban J connectivity index is 2.22. The van der Waals surface area contributed by atoms with E-state index in [1.54, 1.807) is 0 Å². The first-order valence-electron chi connectivity index (χ1n) is 6.60. The van der Waals surface area contributed by atoms with Crippen LogP contribution in [0.1, 0.15) is 38.9 Å². The third-order valence-corrected chi connectivity index (χ3v) is 2.93. The van der Waals surface area contributed by atoms with Gasteiger partial charge in [0.15, 0.2) is 0 Å². The molecule has 4 heteroatoms. The van der Waals surface area contributed by atoms with Crippen molar-refractivity contribution in [2.24, 2.45) is 0 Å². The van der Waals surface area contributed by atoms with Gasteiger partial charge in [-0.15, -0.1) is 0 Å². The lowest BCUT2D eigenvalue weighted by molar-refractivity contribution is 0.745. The molecule has 0 bridgehead atoms. The highest BCUT2D eigenvalue weighted by Gasteiger charge is 2.29. The van der Waals surface area contributed by atoms with E-state index < -0.39 is 0 Å². The first-order chi connectivity index (χ1) is 8.24. The van der Waals surface area contributed by atoms with Crippen LogP contribution in [0, 0.1) is 6.92 Å². The summed E-state index contributed by atoms with van der Waals surface area (Å²) in [6.45, 7) is 8.25. The molecule has 4 nitrogen and oxygen atoms in total. The molecule has 0 aromatic carbocycles. The van der Waals surface area contributed by atoms with Crippen molar-refractivity contribution in [3.8, 4) is 0 Å². The molecule has 0 unspecified atom stereocenters. The van der Waals surface area contributed by atoms with Crippen molar-refractivity contribution >= 4 is 11.6 Å². The van der Waals surface area contributed by atoms with Gasteiger partial charge in [-0.2, -0.15) is 0 Å². The predicted molar refractivity (Wildman–Crippen MR) is 71.6 cm³/mol. The fraction of sp³-hybridized carbons (Fsp3) is 0.692. The molecule has 1 fully saturated rings. The average molecular weight is 234 g/mol. The van der Waals surface area contributed by atoms with Gasteiger partial charge in [-0.3, -0.25) is 0 Å². The number of aromatic nitrogens is 2. The van der Waals surface area contributed by atoms with Gasteiger partial charge in [-0.05, 0) is 33.1 Å². The molecule has 0 aliphatic heterocycles. The summed E-state index contributed by atoms with van der Waals surface area (Å²) in [6, 6.07) is 2.78. The maximum absolute atomic E-state index is 4.57. The van der Waals surface area contributed by atoms with Crippen molar-refractivity contribution in [3.05, 3.63) is 11.9 Å². The van der Waals surface area contributed by atoms with Crippen LogP contribution >= 0.6 is 0 Å². The van der Waals surface area contributed by atoms with Gasteiger partial charge in [0, 0.05) is 25.2 Å². The van der Waals surface area contributed by atoms with E-state index in [0.29, 0.717) is 6.04 Å². The molecule has 0 amide bonds. The first-order valence-corrected chi connectivity index (χ1v) is 6.60. The molecule has 0 atom stereocenters. The SMILES string of the molecule is CCCN(c1cc(NCC)nc(C)n1)C1CC1. The third-order valence-electron chi connectivity index (χ3n) is 2.93. The molecule has 0 saturated heterocycles. The zero-order chi connectivity index (χ0) is 12.3. The van der Waals surface area contributed by atoms with Gasteiger partial charge >= 0.3 is 0 Å². The molecule has 1 aliphatic rings. The van der Waals surface area contributed by atoms with Crippen LogP contribution in [-0.2, 0) is 0 Å². The minimum Gasteiger partial charge on any atom is -0.370 e. The number of nitrogens with zero attached hydrogens (tertiary/aromatic N) is 3. The smallest absolute Gasteiger partial charge is 0.134 e. The van der Waals surface area contributed by atoms with Crippen molar-refractivity contribution in [2.45, 2.75) is 46.1 Å². The summed E-state index contributed by atoms with van der Waals surface area (Å²) in [5, 5.41) is 3.27. The number of anilines is 2. The molecule has 94 valence electrons. The van der Waals surface area contributed by atoms with E-state index in [2.05, 4.69) is 40.1 Å². The summed E-state index contributed by atoms with van der Waals surface area (Å²) >= 11 is 0. The summed E-state index contributed by atoms with van der Waals surface area (Å²) in [5.41, 5.74) is 0. The molecule has 1 aromatic heterocycles.